The average Bonchev–Trinajstić information content (AvgIpc) is 3.28. The summed E-state index contributed by atoms with van der Waals surface area (Å²) in [4.78, 5) is 13.8. The zero-order valence-electron chi connectivity index (χ0n) is 15.4. The van der Waals surface area contributed by atoms with Crippen molar-refractivity contribution in [2.45, 2.75) is 18.9 Å². The van der Waals surface area contributed by atoms with Gasteiger partial charge in [0.25, 0.3) is 0 Å². The smallest absolute Gasteiger partial charge is 0.166 e. The molecule has 0 amide bonds. The van der Waals surface area contributed by atoms with E-state index < -0.39 is 0 Å². The van der Waals surface area contributed by atoms with Gasteiger partial charge in [0.2, 0.25) is 0 Å². The average molecular weight is 435 g/mol. The van der Waals surface area contributed by atoms with E-state index in [1.165, 1.54) is 11.1 Å². The van der Waals surface area contributed by atoms with Crippen LogP contribution in [0.2, 0.25) is 0 Å². The largest absolute Gasteiger partial charge is 0.383 e. The molecule has 5 rings (SSSR count). The molecular formula is C21H19BrN6. The van der Waals surface area contributed by atoms with Gasteiger partial charge in [-0.15, -0.1) is 0 Å². The molecule has 3 heterocycles. The highest BCUT2D eigenvalue weighted by atomic mass is 79.9. The fraction of sp³-hybridized carbons (Fsp3) is 0.190. The molecule has 1 atom stereocenters. The highest BCUT2D eigenvalue weighted by Crippen LogP contribution is 2.35. The van der Waals surface area contributed by atoms with Crippen LogP contribution in [0.1, 0.15) is 23.6 Å². The Hall–Kier alpha value is -2.77. The fourth-order valence-electron chi connectivity index (χ4n) is 4.01. The number of hydrogen-bond acceptors (Lipinski definition) is 5. The number of aromatic nitrogens is 4. The Morgan fingerprint density at radius 2 is 2.07 bits per heavy atom. The number of fused-ring (bicyclic) bond motifs is 2. The van der Waals surface area contributed by atoms with Crippen LogP contribution < -0.4 is 11.1 Å². The Morgan fingerprint density at radius 1 is 1.18 bits per heavy atom. The monoisotopic (exact) mass is 434 g/mol. The number of imidazole rings is 1. The third-order valence-electron chi connectivity index (χ3n) is 5.36. The second-order valence-electron chi connectivity index (χ2n) is 6.95. The van der Waals surface area contributed by atoms with Crippen LogP contribution in [0, 0.1) is 0 Å². The Labute approximate surface area is 171 Å². The third kappa shape index (κ3) is 2.70. The van der Waals surface area contributed by atoms with E-state index in [-0.39, 0.29) is 0 Å². The van der Waals surface area contributed by atoms with Crippen molar-refractivity contribution in [1.82, 2.24) is 24.8 Å². The lowest BCUT2D eigenvalue weighted by Crippen LogP contribution is -2.12. The molecule has 1 aliphatic rings. The molecule has 4 aromatic rings. The van der Waals surface area contributed by atoms with Crippen LogP contribution in [-0.2, 0) is 6.42 Å². The molecular weight excluding hydrogens is 416 g/mol. The number of nitrogen functional groups attached to an aromatic ring is 1. The Balaban J connectivity index is 1.78. The third-order valence-corrected chi connectivity index (χ3v) is 5.80. The zero-order valence-corrected chi connectivity index (χ0v) is 16.9. The maximum Gasteiger partial charge on any atom is 0.166 e. The second kappa shape index (κ2) is 6.68. The van der Waals surface area contributed by atoms with Crippen LogP contribution in [0.3, 0.4) is 0 Å². The molecule has 0 spiro atoms. The number of nitrogens with zero attached hydrogens (tertiary/aromatic N) is 4. The van der Waals surface area contributed by atoms with Crippen LogP contribution in [0.5, 0.6) is 0 Å². The zero-order chi connectivity index (χ0) is 19.3. The van der Waals surface area contributed by atoms with Crippen LogP contribution in [0.15, 0.2) is 53.3 Å². The summed E-state index contributed by atoms with van der Waals surface area (Å²) in [6.45, 7) is 0. The number of rotatable bonds is 3. The first-order chi connectivity index (χ1) is 13.7. The van der Waals surface area contributed by atoms with Crippen molar-refractivity contribution in [1.29, 1.82) is 0 Å². The highest BCUT2D eigenvalue weighted by molar-refractivity contribution is 9.10. The van der Waals surface area contributed by atoms with Gasteiger partial charge in [0.1, 0.15) is 15.9 Å². The second-order valence-corrected chi connectivity index (χ2v) is 7.76. The number of aryl methyl sites for hydroxylation is 1. The lowest BCUT2D eigenvalue weighted by atomic mass is 10.1. The quantitative estimate of drug-likeness (QED) is 0.475. The molecule has 140 valence electrons. The summed E-state index contributed by atoms with van der Waals surface area (Å²) in [5.74, 6) is 1.20. The van der Waals surface area contributed by atoms with E-state index >= 15 is 0 Å². The first kappa shape index (κ1) is 17.3. The SMILES string of the molecule is CNC1CCc2cc(-n3c(-c4cccnc4N)nc4ccc(Br)nc43)ccc21. The number of nitrogens with two attached hydrogens (primary N) is 1. The Bertz CT molecular complexity index is 1200. The fourth-order valence-corrected chi connectivity index (χ4v) is 4.31. The van der Waals surface area contributed by atoms with Gasteiger partial charge in [-0.05, 0) is 83.3 Å². The summed E-state index contributed by atoms with van der Waals surface area (Å²) in [6, 6.07) is 14.7. The predicted octanol–water partition coefficient (Wildman–Crippen LogP) is 4.03. The van der Waals surface area contributed by atoms with Gasteiger partial charge in [0.05, 0.1) is 5.56 Å². The van der Waals surface area contributed by atoms with E-state index in [9.17, 15) is 0 Å². The van der Waals surface area contributed by atoms with Gasteiger partial charge >= 0.3 is 0 Å². The maximum atomic E-state index is 6.18. The number of anilines is 1. The molecule has 0 bridgehead atoms. The molecule has 1 unspecified atom stereocenters. The summed E-state index contributed by atoms with van der Waals surface area (Å²) in [5, 5.41) is 3.39. The molecule has 0 saturated carbocycles. The molecule has 6 nitrogen and oxygen atoms in total. The van der Waals surface area contributed by atoms with Crippen molar-refractivity contribution < 1.29 is 0 Å². The molecule has 3 N–H and O–H groups in total. The molecule has 1 aliphatic carbocycles. The summed E-state index contributed by atoms with van der Waals surface area (Å²) in [6.07, 6.45) is 3.86. The van der Waals surface area contributed by atoms with Gasteiger partial charge in [-0.1, -0.05) is 6.07 Å². The van der Waals surface area contributed by atoms with Crippen LogP contribution >= 0.6 is 15.9 Å². The van der Waals surface area contributed by atoms with E-state index in [1.54, 1.807) is 6.20 Å². The normalized spacial score (nSPS) is 15.9. The van der Waals surface area contributed by atoms with E-state index in [0.29, 0.717) is 11.9 Å². The topological polar surface area (TPSA) is 81.7 Å². The van der Waals surface area contributed by atoms with Crippen LogP contribution in [0.4, 0.5) is 5.82 Å². The minimum atomic E-state index is 0.421. The summed E-state index contributed by atoms with van der Waals surface area (Å²) in [5.41, 5.74) is 12.3. The number of nitrogens with one attached hydrogen (secondary N) is 1. The van der Waals surface area contributed by atoms with Crippen LogP contribution in [-0.4, -0.2) is 26.6 Å². The predicted molar refractivity (Wildman–Crippen MR) is 114 cm³/mol. The lowest BCUT2D eigenvalue weighted by Gasteiger charge is -2.13. The van der Waals surface area contributed by atoms with Gasteiger partial charge < -0.3 is 11.1 Å². The van der Waals surface area contributed by atoms with Crippen molar-refractivity contribution in [2.75, 3.05) is 12.8 Å². The molecule has 0 aliphatic heterocycles. The minimum Gasteiger partial charge on any atom is -0.383 e. The molecule has 7 heteroatoms. The number of benzene rings is 1. The lowest BCUT2D eigenvalue weighted by molar-refractivity contribution is 0.590. The molecule has 28 heavy (non-hydrogen) atoms. The first-order valence-electron chi connectivity index (χ1n) is 9.22. The van der Waals surface area contributed by atoms with E-state index in [2.05, 4.69) is 49.0 Å². The van der Waals surface area contributed by atoms with Gasteiger partial charge in [-0.3, -0.25) is 4.57 Å². The molecule has 0 saturated heterocycles. The maximum absolute atomic E-state index is 6.18. The first-order valence-corrected chi connectivity index (χ1v) is 10.0. The van der Waals surface area contributed by atoms with E-state index in [0.717, 1.165) is 45.7 Å². The van der Waals surface area contributed by atoms with Crippen molar-refractivity contribution >= 4 is 32.9 Å². The minimum absolute atomic E-state index is 0.421. The van der Waals surface area contributed by atoms with Gasteiger partial charge in [-0.25, -0.2) is 15.0 Å². The van der Waals surface area contributed by atoms with Crippen molar-refractivity contribution in [2.24, 2.45) is 0 Å². The summed E-state index contributed by atoms with van der Waals surface area (Å²) in [7, 11) is 2.02. The summed E-state index contributed by atoms with van der Waals surface area (Å²) >= 11 is 3.49. The van der Waals surface area contributed by atoms with E-state index in [1.807, 2.05) is 31.3 Å². The van der Waals surface area contributed by atoms with Crippen LogP contribution in [0.25, 0.3) is 28.2 Å². The Kier molecular flexibility index (Phi) is 4.14. The number of pyridine rings is 2. The Morgan fingerprint density at radius 3 is 2.89 bits per heavy atom. The molecule has 1 aromatic carbocycles. The van der Waals surface area contributed by atoms with Gasteiger partial charge in [0, 0.05) is 17.9 Å². The number of hydrogen-bond donors (Lipinski definition) is 2. The van der Waals surface area contributed by atoms with Crippen molar-refractivity contribution in [3.63, 3.8) is 0 Å². The van der Waals surface area contributed by atoms with E-state index in [4.69, 9.17) is 15.7 Å². The van der Waals surface area contributed by atoms with Gasteiger partial charge in [0.15, 0.2) is 11.5 Å². The highest BCUT2D eigenvalue weighted by Gasteiger charge is 2.23. The molecule has 3 aromatic heterocycles. The molecule has 0 radical (unpaired) electrons. The number of halogens is 1. The standard InChI is InChI=1S/C21H19BrN6/c1-24-16-7-4-12-11-13(5-6-14(12)16)28-20(15-3-2-10-25-19(15)23)26-17-8-9-18(22)27-21(17)28/h2-3,5-6,8-11,16,24H,4,7H2,1H3,(H2,23,25). The van der Waals surface area contributed by atoms with Crippen molar-refractivity contribution in [3.05, 3.63) is 64.4 Å². The molecule has 0 fully saturated rings. The van der Waals surface area contributed by atoms with Crippen molar-refractivity contribution in [3.8, 4) is 17.1 Å². The van der Waals surface area contributed by atoms with Gasteiger partial charge in [-0.2, -0.15) is 0 Å². The summed E-state index contributed by atoms with van der Waals surface area (Å²) < 4.78 is 2.84.